The van der Waals surface area contributed by atoms with Gasteiger partial charge in [0.05, 0.1) is 6.17 Å². The van der Waals surface area contributed by atoms with Gasteiger partial charge in [0.1, 0.15) is 0 Å². The third-order valence-electron chi connectivity index (χ3n) is 1.31. The smallest absolute Gasteiger partial charge is 0.0973 e. The van der Waals surface area contributed by atoms with Gasteiger partial charge in [-0.05, 0) is 25.9 Å². The normalized spacial score (nSPS) is 13.7. The number of hydrogen-bond acceptors (Lipinski definition) is 0. The van der Waals surface area contributed by atoms with Crippen molar-refractivity contribution in [1.29, 1.82) is 0 Å². The van der Waals surface area contributed by atoms with E-state index in [4.69, 9.17) is 0 Å². The molecule has 0 radical (unpaired) electrons. The highest BCUT2D eigenvalue weighted by atomic mass is 31.0. The molecule has 0 amide bonds. The van der Waals surface area contributed by atoms with Gasteiger partial charge >= 0.3 is 0 Å². The Morgan fingerprint density at radius 2 is 2.00 bits per heavy atom. The Hall–Kier alpha value is 0.360. The summed E-state index contributed by atoms with van der Waals surface area (Å²) in [5.74, 6) is 0. The lowest BCUT2D eigenvalue weighted by molar-refractivity contribution is 0.331. The number of unbranched alkanes of at least 4 members (excludes halogenated alkanes) is 2. The molecule has 2 atom stereocenters. The van der Waals surface area contributed by atoms with Gasteiger partial charge < -0.3 is 0 Å². The summed E-state index contributed by atoms with van der Waals surface area (Å²) >= 11 is 0. The maximum atomic E-state index is 12.1. The lowest BCUT2D eigenvalue weighted by Crippen LogP contribution is -1.91. The second-order valence-electron chi connectivity index (χ2n) is 2.42. The van der Waals surface area contributed by atoms with Gasteiger partial charge in [-0.1, -0.05) is 12.8 Å². The fraction of sp³-hybridized carbons (Fsp3) is 1.00. The van der Waals surface area contributed by atoms with Crippen LogP contribution < -0.4 is 0 Å². The lowest BCUT2D eigenvalue weighted by Gasteiger charge is -1.99. The van der Waals surface area contributed by atoms with E-state index in [-0.39, 0.29) is 0 Å². The van der Waals surface area contributed by atoms with E-state index >= 15 is 0 Å². The van der Waals surface area contributed by atoms with Gasteiger partial charge in [0.15, 0.2) is 0 Å². The maximum absolute atomic E-state index is 12.1. The Bertz CT molecular complexity index is 54.9. The van der Waals surface area contributed by atoms with Crippen LogP contribution >= 0.6 is 9.24 Å². The van der Waals surface area contributed by atoms with E-state index in [2.05, 4.69) is 9.24 Å². The van der Waals surface area contributed by atoms with Crippen molar-refractivity contribution >= 4 is 9.24 Å². The van der Waals surface area contributed by atoms with Crippen LogP contribution in [-0.4, -0.2) is 12.3 Å². The molecule has 2 unspecified atom stereocenters. The molecule has 0 aromatic carbocycles. The van der Waals surface area contributed by atoms with Crippen LogP contribution in [0.15, 0.2) is 0 Å². The van der Waals surface area contributed by atoms with Crippen LogP contribution in [0.5, 0.6) is 0 Å². The monoisotopic (exact) mass is 150 g/mol. The highest BCUT2D eigenvalue weighted by Gasteiger charge is 1.95. The van der Waals surface area contributed by atoms with E-state index in [1.807, 2.05) is 0 Å². The summed E-state index contributed by atoms with van der Waals surface area (Å²) in [5, 5.41) is 0. The quantitative estimate of drug-likeness (QED) is 0.417. The first-order valence-electron chi connectivity index (χ1n) is 3.61. The van der Waals surface area contributed by atoms with Crippen molar-refractivity contribution < 1.29 is 4.39 Å². The molecule has 0 aromatic heterocycles. The Labute approximate surface area is 59.4 Å². The van der Waals surface area contributed by atoms with Crippen molar-refractivity contribution in [3.8, 4) is 0 Å². The van der Waals surface area contributed by atoms with E-state index in [9.17, 15) is 4.39 Å². The molecule has 0 heterocycles. The van der Waals surface area contributed by atoms with E-state index in [0.717, 1.165) is 19.0 Å². The molecule has 2 heteroatoms. The third-order valence-corrected chi connectivity index (χ3v) is 1.71. The van der Waals surface area contributed by atoms with Crippen LogP contribution in [0.2, 0.25) is 0 Å². The Balaban J connectivity index is 2.75. The summed E-state index contributed by atoms with van der Waals surface area (Å²) in [6, 6.07) is 0. The molecule has 0 spiro atoms. The molecular formula is C7H16FP. The van der Waals surface area contributed by atoms with Gasteiger partial charge in [-0.2, -0.15) is 0 Å². The van der Waals surface area contributed by atoms with E-state index in [0.29, 0.717) is 0 Å². The predicted octanol–water partition coefficient (Wildman–Crippen LogP) is 2.78. The number of hydrogen-bond donors (Lipinski definition) is 0. The van der Waals surface area contributed by atoms with Crippen LogP contribution in [0, 0.1) is 0 Å². The van der Waals surface area contributed by atoms with Gasteiger partial charge in [-0.25, -0.2) is 4.39 Å². The highest BCUT2D eigenvalue weighted by Crippen LogP contribution is 2.06. The minimum Gasteiger partial charge on any atom is -0.248 e. The SMILES string of the molecule is CC(F)CCCCCP. The van der Waals surface area contributed by atoms with Crippen molar-refractivity contribution in [3.05, 3.63) is 0 Å². The molecule has 56 valence electrons. The molecule has 0 fully saturated rings. The molecule has 0 rings (SSSR count). The van der Waals surface area contributed by atoms with E-state index in [1.54, 1.807) is 6.92 Å². The number of alkyl halides is 1. The molecule has 0 aromatic rings. The van der Waals surface area contributed by atoms with Gasteiger partial charge in [0.2, 0.25) is 0 Å². The summed E-state index contributed by atoms with van der Waals surface area (Å²) in [6.45, 7) is 1.63. The highest BCUT2D eigenvalue weighted by molar-refractivity contribution is 7.16. The summed E-state index contributed by atoms with van der Waals surface area (Å²) in [7, 11) is 2.68. The second kappa shape index (κ2) is 6.48. The lowest BCUT2D eigenvalue weighted by atomic mass is 10.1. The summed E-state index contributed by atoms with van der Waals surface area (Å²) in [4.78, 5) is 0. The average Bonchev–Trinajstić information content (AvgIpc) is 1.80. The Kier molecular flexibility index (Phi) is 6.74. The van der Waals surface area contributed by atoms with E-state index < -0.39 is 6.17 Å². The topological polar surface area (TPSA) is 0 Å². The maximum Gasteiger partial charge on any atom is 0.0973 e. The zero-order valence-electron chi connectivity index (χ0n) is 6.07. The largest absolute Gasteiger partial charge is 0.248 e. The molecule has 0 saturated heterocycles. The molecular weight excluding hydrogens is 134 g/mol. The molecule has 0 bridgehead atoms. The summed E-state index contributed by atoms with van der Waals surface area (Å²) in [5.41, 5.74) is 0. The predicted molar refractivity (Wildman–Crippen MR) is 43.6 cm³/mol. The van der Waals surface area contributed by atoms with E-state index in [1.165, 1.54) is 12.8 Å². The summed E-state index contributed by atoms with van der Waals surface area (Å²) < 4.78 is 12.1. The van der Waals surface area contributed by atoms with Crippen molar-refractivity contribution in [2.75, 3.05) is 6.16 Å². The first-order chi connectivity index (χ1) is 4.27. The minimum atomic E-state index is -0.602. The number of halogens is 1. The molecule has 0 aliphatic carbocycles. The fourth-order valence-corrected chi connectivity index (χ4v) is 1.04. The molecule has 0 nitrogen and oxygen atoms in total. The molecule has 0 aliphatic rings. The first-order valence-corrected chi connectivity index (χ1v) is 4.43. The van der Waals surface area contributed by atoms with Crippen molar-refractivity contribution in [2.24, 2.45) is 0 Å². The van der Waals surface area contributed by atoms with Crippen molar-refractivity contribution in [2.45, 2.75) is 38.8 Å². The van der Waals surface area contributed by atoms with Crippen LogP contribution in [-0.2, 0) is 0 Å². The first kappa shape index (κ1) is 9.36. The Morgan fingerprint density at radius 3 is 2.44 bits per heavy atom. The fourth-order valence-electron chi connectivity index (χ4n) is 0.747. The summed E-state index contributed by atoms with van der Waals surface area (Å²) in [6.07, 6.45) is 4.74. The second-order valence-corrected chi connectivity index (χ2v) is 3.00. The minimum absolute atomic E-state index is 0.602. The molecule has 9 heavy (non-hydrogen) atoms. The molecule has 0 N–H and O–H groups in total. The Morgan fingerprint density at radius 1 is 1.33 bits per heavy atom. The van der Waals surface area contributed by atoms with Crippen LogP contribution in [0.25, 0.3) is 0 Å². The van der Waals surface area contributed by atoms with Crippen LogP contribution in [0.4, 0.5) is 4.39 Å². The third kappa shape index (κ3) is 8.36. The van der Waals surface area contributed by atoms with Gasteiger partial charge in [-0.3, -0.25) is 0 Å². The molecule has 0 aliphatic heterocycles. The molecule has 0 saturated carbocycles. The van der Waals surface area contributed by atoms with Crippen molar-refractivity contribution in [3.63, 3.8) is 0 Å². The standard InChI is InChI=1S/C7H16FP/c1-7(8)5-3-2-4-6-9/h7H,2-6,9H2,1H3. The van der Waals surface area contributed by atoms with Crippen molar-refractivity contribution in [1.82, 2.24) is 0 Å². The average molecular weight is 150 g/mol. The van der Waals surface area contributed by atoms with Crippen LogP contribution in [0.3, 0.4) is 0 Å². The van der Waals surface area contributed by atoms with Crippen LogP contribution in [0.1, 0.15) is 32.6 Å². The van der Waals surface area contributed by atoms with Gasteiger partial charge in [0.25, 0.3) is 0 Å². The number of rotatable bonds is 5. The zero-order valence-corrected chi connectivity index (χ0v) is 7.22. The van der Waals surface area contributed by atoms with Gasteiger partial charge in [-0.15, -0.1) is 9.24 Å². The van der Waals surface area contributed by atoms with Gasteiger partial charge in [0, 0.05) is 0 Å². The zero-order chi connectivity index (χ0) is 7.11.